The van der Waals surface area contributed by atoms with Crippen molar-refractivity contribution < 1.29 is 4.20 Å². The van der Waals surface area contributed by atoms with Gasteiger partial charge in [0.05, 0.1) is 0 Å². The molecule has 0 aromatic heterocycles. The third-order valence-corrected chi connectivity index (χ3v) is 5.79. The van der Waals surface area contributed by atoms with Gasteiger partial charge in [-0.05, 0) is 0 Å². The first-order chi connectivity index (χ1) is 4.86. The van der Waals surface area contributed by atoms with Crippen LogP contribution in [0, 0.1) is 0 Å². The molecule has 0 N–H and O–H groups in total. The molecular weight excluding hydrogens is 158 g/mol. The summed E-state index contributed by atoms with van der Waals surface area (Å²) in [6, 6.07) is 0. The van der Waals surface area contributed by atoms with Gasteiger partial charge in [0.25, 0.3) is 0 Å². The summed E-state index contributed by atoms with van der Waals surface area (Å²) in [7, 11) is 0. The van der Waals surface area contributed by atoms with Crippen LogP contribution in [0.15, 0.2) is 0 Å². The van der Waals surface area contributed by atoms with Gasteiger partial charge in [0.2, 0.25) is 0 Å². The second-order valence-electron chi connectivity index (χ2n) is 5.01. The summed E-state index contributed by atoms with van der Waals surface area (Å²) in [5.74, 6) is 0. The minimum absolute atomic E-state index is 0.412. The molecule has 0 amide bonds. The Kier molecular flexibility index (Phi) is 2.31. The molecule has 0 aromatic rings. The van der Waals surface area contributed by atoms with Crippen molar-refractivity contribution in [3.8, 4) is 0 Å². The van der Waals surface area contributed by atoms with E-state index in [2.05, 4.69) is 0 Å². The summed E-state index contributed by atoms with van der Waals surface area (Å²) in [5.41, 5.74) is 0.412. The third kappa shape index (κ3) is 2.71. The van der Waals surface area contributed by atoms with Gasteiger partial charge in [-0.2, -0.15) is 0 Å². The molecule has 0 aromatic carbocycles. The molecule has 1 aliphatic carbocycles. The van der Waals surface area contributed by atoms with E-state index in [4.69, 9.17) is 0 Å². The molecule has 0 saturated heterocycles. The van der Waals surface area contributed by atoms with Crippen molar-refractivity contribution in [2.24, 2.45) is 0 Å². The molecule has 0 radical (unpaired) electrons. The zero-order chi connectivity index (χ0) is 8.56. The predicted octanol–water partition coefficient (Wildman–Crippen LogP) is 3.65. The van der Waals surface area contributed by atoms with Crippen LogP contribution in [-0.4, -0.2) is 25.7 Å². The number of hydrogen-bond acceptors (Lipinski definition) is 0. The van der Waals surface area contributed by atoms with Crippen molar-refractivity contribution in [1.82, 2.24) is 0 Å². The summed E-state index contributed by atoms with van der Waals surface area (Å²) in [6.45, 7) is 2.87. The maximum atomic E-state index is 14.1. The fourth-order valence-electron chi connectivity index (χ4n) is 1.95. The molecular formula is C9H20FP. The molecule has 0 atom stereocenters. The van der Waals surface area contributed by atoms with Crippen molar-refractivity contribution in [2.45, 2.75) is 37.8 Å². The van der Waals surface area contributed by atoms with E-state index in [1.807, 2.05) is 20.0 Å². The minimum atomic E-state index is -2.71. The summed E-state index contributed by atoms with van der Waals surface area (Å²) in [5, 5.41) is 0. The first-order valence-electron chi connectivity index (χ1n) is 4.59. The van der Waals surface area contributed by atoms with E-state index in [1.54, 1.807) is 0 Å². The van der Waals surface area contributed by atoms with E-state index >= 15 is 0 Å². The van der Waals surface area contributed by atoms with E-state index in [9.17, 15) is 4.20 Å². The van der Waals surface area contributed by atoms with Gasteiger partial charge in [-0.1, -0.05) is 0 Å². The van der Waals surface area contributed by atoms with Crippen LogP contribution in [-0.2, 0) is 0 Å². The van der Waals surface area contributed by atoms with Crippen LogP contribution in [0.25, 0.3) is 0 Å². The summed E-state index contributed by atoms with van der Waals surface area (Å²) in [6.07, 6.45) is 6.10. The molecule has 1 aliphatic rings. The topological polar surface area (TPSA) is 0 Å². The SMILES string of the molecule is CP(C)(C)(F)C1CCCCC1. The molecule has 1 rings (SSSR count). The standard InChI is InChI=1S/C9H20FP/c1-11(2,3,10)9-7-5-4-6-8-9/h9H,4-8H2,1-3H3. The quantitative estimate of drug-likeness (QED) is 0.538. The molecule has 0 aliphatic heterocycles. The van der Waals surface area contributed by atoms with Gasteiger partial charge < -0.3 is 0 Å². The Morgan fingerprint density at radius 1 is 1.00 bits per heavy atom. The van der Waals surface area contributed by atoms with Crippen LogP contribution in [0.5, 0.6) is 0 Å². The Balaban J connectivity index is 2.59. The molecule has 0 nitrogen and oxygen atoms in total. The first kappa shape index (κ1) is 9.45. The summed E-state index contributed by atoms with van der Waals surface area (Å²) in [4.78, 5) is 0. The first-order valence-corrected chi connectivity index (χ1v) is 8.12. The number of halogens is 1. The second kappa shape index (κ2) is 2.69. The van der Waals surface area contributed by atoms with Crippen LogP contribution in [0.1, 0.15) is 32.1 Å². The average Bonchev–Trinajstić information content (AvgIpc) is 1.86. The molecule has 0 unspecified atom stereocenters. The molecule has 0 bridgehead atoms. The van der Waals surface area contributed by atoms with Gasteiger partial charge in [0.15, 0.2) is 0 Å². The number of hydrogen-bond donors (Lipinski definition) is 0. The van der Waals surface area contributed by atoms with Crippen LogP contribution in [0.2, 0.25) is 0 Å². The molecule has 68 valence electrons. The van der Waals surface area contributed by atoms with Crippen molar-refractivity contribution in [2.75, 3.05) is 20.0 Å². The predicted molar refractivity (Wildman–Crippen MR) is 52.7 cm³/mol. The van der Waals surface area contributed by atoms with Crippen LogP contribution in [0.3, 0.4) is 0 Å². The van der Waals surface area contributed by atoms with E-state index in [-0.39, 0.29) is 0 Å². The van der Waals surface area contributed by atoms with Crippen LogP contribution in [0.4, 0.5) is 4.20 Å². The molecule has 1 fully saturated rings. The normalized spacial score (nSPS) is 26.0. The Bertz CT molecular complexity index is 130. The molecule has 0 heterocycles. The molecule has 0 spiro atoms. The Hall–Kier alpha value is 0.360. The summed E-state index contributed by atoms with van der Waals surface area (Å²) < 4.78 is 14.1. The van der Waals surface area contributed by atoms with Crippen LogP contribution >= 0.6 is 6.91 Å². The van der Waals surface area contributed by atoms with Crippen molar-refractivity contribution in [3.63, 3.8) is 0 Å². The van der Waals surface area contributed by atoms with Gasteiger partial charge in [0.1, 0.15) is 0 Å². The van der Waals surface area contributed by atoms with Gasteiger partial charge in [-0.3, -0.25) is 0 Å². The third-order valence-electron chi connectivity index (χ3n) is 2.81. The van der Waals surface area contributed by atoms with Crippen molar-refractivity contribution in [3.05, 3.63) is 0 Å². The van der Waals surface area contributed by atoms with Crippen LogP contribution < -0.4 is 0 Å². The van der Waals surface area contributed by atoms with Crippen molar-refractivity contribution in [1.29, 1.82) is 0 Å². The average molecular weight is 178 g/mol. The zero-order valence-electron chi connectivity index (χ0n) is 7.94. The van der Waals surface area contributed by atoms with Gasteiger partial charge >= 0.3 is 68.9 Å². The molecule has 1 saturated carbocycles. The van der Waals surface area contributed by atoms with Crippen molar-refractivity contribution >= 4 is 6.91 Å². The fraction of sp³-hybridized carbons (Fsp3) is 1.00. The molecule has 11 heavy (non-hydrogen) atoms. The number of rotatable bonds is 1. The molecule has 2 heteroatoms. The van der Waals surface area contributed by atoms with E-state index < -0.39 is 6.91 Å². The van der Waals surface area contributed by atoms with E-state index in [0.29, 0.717) is 5.66 Å². The second-order valence-corrected chi connectivity index (χ2v) is 11.2. The zero-order valence-corrected chi connectivity index (χ0v) is 8.83. The monoisotopic (exact) mass is 178 g/mol. The Morgan fingerprint density at radius 3 is 1.73 bits per heavy atom. The van der Waals surface area contributed by atoms with E-state index in [1.165, 1.54) is 19.3 Å². The Labute approximate surface area is 69.6 Å². The van der Waals surface area contributed by atoms with Gasteiger partial charge in [-0.25, -0.2) is 0 Å². The summed E-state index contributed by atoms with van der Waals surface area (Å²) >= 11 is 0. The Morgan fingerprint density at radius 2 is 1.45 bits per heavy atom. The fourth-order valence-corrected chi connectivity index (χ4v) is 4.06. The maximum absolute atomic E-state index is 14.1. The van der Waals surface area contributed by atoms with Gasteiger partial charge in [0, 0.05) is 0 Å². The van der Waals surface area contributed by atoms with Gasteiger partial charge in [-0.15, -0.1) is 0 Å². The van der Waals surface area contributed by atoms with E-state index in [0.717, 1.165) is 12.8 Å².